The van der Waals surface area contributed by atoms with Crippen LogP contribution in [0.25, 0.3) is 0 Å². The van der Waals surface area contributed by atoms with Crippen LogP contribution in [0.1, 0.15) is 24.2 Å². The van der Waals surface area contributed by atoms with E-state index in [0.29, 0.717) is 19.0 Å². The summed E-state index contributed by atoms with van der Waals surface area (Å²) in [6, 6.07) is 0. The SMILES string of the molecule is Cc1nn(C)c(CNCC(O)C2CC2)c1Cl. The van der Waals surface area contributed by atoms with Crippen molar-refractivity contribution < 1.29 is 5.11 Å². The average molecular weight is 244 g/mol. The van der Waals surface area contributed by atoms with Crippen LogP contribution in [-0.4, -0.2) is 27.5 Å². The number of hydrogen-bond acceptors (Lipinski definition) is 3. The first-order valence-corrected chi connectivity index (χ1v) is 6.04. The molecular formula is C11H18ClN3O. The number of hydrogen-bond donors (Lipinski definition) is 2. The summed E-state index contributed by atoms with van der Waals surface area (Å²) in [6.45, 7) is 3.18. The summed E-state index contributed by atoms with van der Waals surface area (Å²) in [4.78, 5) is 0. The van der Waals surface area contributed by atoms with Crippen molar-refractivity contribution in [2.75, 3.05) is 6.54 Å². The predicted molar refractivity (Wildman–Crippen MR) is 63.4 cm³/mol. The van der Waals surface area contributed by atoms with Gasteiger partial charge >= 0.3 is 0 Å². The highest BCUT2D eigenvalue weighted by atomic mass is 35.5. The van der Waals surface area contributed by atoms with Crippen LogP contribution in [-0.2, 0) is 13.6 Å². The molecule has 0 amide bonds. The molecule has 0 saturated heterocycles. The second-order valence-corrected chi connectivity index (χ2v) is 4.88. The molecule has 0 spiro atoms. The third-order valence-electron chi connectivity index (χ3n) is 3.07. The summed E-state index contributed by atoms with van der Waals surface area (Å²) in [6.07, 6.45) is 2.11. The van der Waals surface area contributed by atoms with Crippen LogP contribution in [0.5, 0.6) is 0 Å². The Bertz CT molecular complexity index is 374. The van der Waals surface area contributed by atoms with Crippen molar-refractivity contribution in [3.8, 4) is 0 Å². The molecule has 0 bridgehead atoms. The Morgan fingerprint density at radius 1 is 1.62 bits per heavy atom. The van der Waals surface area contributed by atoms with Gasteiger partial charge in [0.05, 0.1) is 22.5 Å². The van der Waals surface area contributed by atoms with Crippen LogP contribution >= 0.6 is 11.6 Å². The molecular weight excluding hydrogens is 226 g/mol. The first kappa shape index (κ1) is 11.9. The van der Waals surface area contributed by atoms with Gasteiger partial charge in [-0.1, -0.05) is 11.6 Å². The van der Waals surface area contributed by atoms with Gasteiger partial charge < -0.3 is 10.4 Å². The van der Waals surface area contributed by atoms with E-state index >= 15 is 0 Å². The minimum atomic E-state index is -0.215. The monoisotopic (exact) mass is 243 g/mol. The number of halogens is 1. The van der Waals surface area contributed by atoms with E-state index in [4.69, 9.17) is 11.6 Å². The second kappa shape index (κ2) is 4.73. The molecule has 1 aromatic rings. The van der Waals surface area contributed by atoms with Crippen LogP contribution in [0.15, 0.2) is 0 Å². The molecule has 1 heterocycles. The largest absolute Gasteiger partial charge is 0.392 e. The summed E-state index contributed by atoms with van der Waals surface area (Å²) in [7, 11) is 1.88. The van der Waals surface area contributed by atoms with Gasteiger partial charge in [-0.3, -0.25) is 4.68 Å². The third-order valence-corrected chi connectivity index (χ3v) is 3.57. The summed E-state index contributed by atoms with van der Waals surface area (Å²) in [5.41, 5.74) is 1.82. The predicted octanol–water partition coefficient (Wildman–Crippen LogP) is 1.24. The number of aromatic nitrogens is 2. The molecule has 16 heavy (non-hydrogen) atoms. The van der Waals surface area contributed by atoms with Crippen molar-refractivity contribution in [1.29, 1.82) is 0 Å². The minimum absolute atomic E-state index is 0.215. The van der Waals surface area contributed by atoms with E-state index in [0.717, 1.165) is 29.3 Å². The lowest BCUT2D eigenvalue weighted by Crippen LogP contribution is -2.28. The number of aliphatic hydroxyl groups is 1. The number of aryl methyl sites for hydroxylation is 2. The van der Waals surface area contributed by atoms with E-state index in [9.17, 15) is 5.11 Å². The van der Waals surface area contributed by atoms with Crippen molar-refractivity contribution in [2.24, 2.45) is 13.0 Å². The van der Waals surface area contributed by atoms with E-state index < -0.39 is 0 Å². The van der Waals surface area contributed by atoms with E-state index in [1.54, 1.807) is 4.68 Å². The minimum Gasteiger partial charge on any atom is -0.392 e. The fraction of sp³-hybridized carbons (Fsp3) is 0.727. The summed E-state index contributed by atoms with van der Waals surface area (Å²) < 4.78 is 1.79. The maximum Gasteiger partial charge on any atom is 0.0860 e. The topological polar surface area (TPSA) is 50.1 Å². The number of nitrogens with zero attached hydrogens (tertiary/aromatic N) is 2. The van der Waals surface area contributed by atoms with Crippen LogP contribution in [0.3, 0.4) is 0 Å². The van der Waals surface area contributed by atoms with Crippen molar-refractivity contribution in [3.63, 3.8) is 0 Å². The third kappa shape index (κ3) is 2.56. The normalized spacial score (nSPS) is 17.8. The summed E-state index contributed by atoms with van der Waals surface area (Å²) in [5.74, 6) is 0.510. The van der Waals surface area contributed by atoms with Crippen LogP contribution in [0.4, 0.5) is 0 Å². The van der Waals surface area contributed by atoms with Gasteiger partial charge in [0.1, 0.15) is 0 Å². The molecule has 5 heteroatoms. The Kier molecular flexibility index (Phi) is 3.52. The van der Waals surface area contributed by atoms with Gasteiger partial charge in [-0.05, 0) is 25.7 Å². The number of nitrogens with one attached hydrogen (secondary N) is 1. The van der Waals surface area contributed by atoms with Gasteiger partial charge in [-0.25, -0.2) is 0 Å². The molecule has 1 unspecified atom stereocenters. The Morgan fingerprint density at radius 3 is 2.81 bits per heavy atom. The molecule has 2 N–H and O–H groups in total. The average Bonchev–Trinajstić information content (AvgIpc) is 3.02. The van der Waals surface area contributed by atoms with Crippen LogP contribution < -0.4 is 5.32 Å². The Morgan fingerprint density at radius 2 is 2.31 bits per heavy atom. The Balaban J connectivity index is 1.84. The highest BCUT2D eigenvalue weighted by Crippen LogP contribution is 2.32. The molecule has 1 atom stereocenters. The van der Waals surface area contributed by atoms with E-state index in [-0.39, 0.29) is 6.10 Å². The van der Waals surface area contributed by atoms with E-state index in [2.05, 4.69) is 10.4 Å². The zero-order valence-corrected chi connectivity index (χ0v) is 10.5. The smallest absolute Gasteiger partial charge is 0.0860 e. The lowest BCUT2D eigenvalue weighted by molar-refractivity contribution is 0.148. The Hall–Kier alpha value is -0.580. The zero-order chi connectivity index (χ0) is 11.7. The molecule has 1 saturated carbocycles. The standard InChI is InChI=1S/C11H18ClN3O/c1-7-11(12)9(15(2)14-7)5-13-6-10(16)8-3-4-8/h8,10,13,16H,3-6H2,1-2H3. The molecule has 0 aliphatic heterocycles. The van der Waals surface area contributed by atoms with Crippen molar-refractivity contribution in [3.05, 3.63) is 16.4 Å². The maximum atomic E-state index is 9.69. The van der Waals surface area contributed by atoms with Crippen LogP contribution in [0.2, 0.25) is 5.02 Å². The van der Waals surface area contributed by atoms with Gasteiger partial charge in [0, 0.05) is 20.1 Å². The molecule has 2 rings (SSSR count). The van der Waals surface area contributed by atoms with Gasteiger partial charge in [0.25, 0.3) is 0 Å². The summed E-state index contributed by atoms with van der Waals surface area (Å²) in [5, 5.41) is 17.9. The van der Waals surface area contributed by atoms with Crippen molar-refractivity contribution in [1.82, 2.24) is 15.1 Å². The molecule has 1 aliphatic rings. The summed E-state index contributed by atoms with van der Waals surface area (Å²) >= 11 is 6.12. The molecule has 0 radical (unpaired) electrons. The molecule has 0 aromatic carbocycles. The van der Waals surface area contributed by atoms with Gasteiger partial charge in [0.2, 0.25) is 0 Å². The maximum absolute atomic E-state index is 9.69. The number of aliphatic hydroxyl groups excluding tert-OH is 1. The highest BCUT2D eigenvalue weighted by Gasteiger charge is 2.29. The fourth-order valence-corrected chi connectivity index (χ4v) is 2.09. The van der Waals surface area contributed by atoms with E-state index in [1.807, 2.05) is 14.0 Å². The lowest BCUT2D eigenvalue weighted by Gasteiger charge is -2.10. The van der Waals surface area contributed by atoms with E-state index in [1.165, 1.54) is 0 Å². The first-order chi connectivity index (χ1) is 7.59. The van der Waals surface area contributed by atoms with Crippen molar-refractivity contribution in [2.45, 2.75) is 32.4 Å². The second-order valence-electron chi connectivity index (χ2n) is 4.51. The quantitative estimate of drug-likeness (QED) is 0.818. The first-order valence-electron chi connectivity index (χ1n) is 5.66. The fourth-order valence-electron chi connectivity index (χ4n) is 1.86. The van der Waals surface area contributed by atoms with Crippen molar-refractivity contribution >= 4 is 11.6 Å². The Labute approximate surface area is 101 Å². The highest BCUT2D eigenvalue weighted by molar-refractivity contribution is 6.31. The molecule has 90 valence electrons. The van der Waals surface area contributed by atoms with Gasteiger partial charge in [-0.15, -0.1) is 0 Å². The van der Waals surface area contributed by atoms with Gasteiger partial charge in [0.15, 0.2) is 0 Å². The lowest BCUT2D eigenvalue weighted by atomic mass is 10.2. The molecule has 1 fully saturated rings. The van der Waals surface area contributed by atoms with Gasteiger partial charge in [-0.2, -0.15) is 5.10 Å². The number of rotatable bonds is 5. The molecule has 1 aliphatic carbocycles. The molecule has 1 aromatic heterocycles. The van der Waals surface area contributed by atoms with Crippen LogP contribution in [0, 0.1) is 12.8 Å². The molecule has 4 nitrogen and oxygen atoms in total. The zero-order valence-electron chi connectivity index (χ0n) is 9.70.